The van der Waals surface area contributed by atoms with Crippen molar-refractivity contribution in [3.63, 3.8) is 0 Å². The molecule has 12 nitrogen and oxygen atoms in total. The molecule has 1 aromatic carbocycles. The van der Waals surface area contributed by atoms with Gasteiger partial charge in [0.25, 0.3) is 0 Å². The Kier molecular flexibility index (Phi) is 9.45. The number of hydrogen-bond donors (Lipinski definition) is 6. The summed E-state index contributed by atoms with van der Waals surface area (Å²) in [5.74, 6) is -3.92. The summed E-state index contributed by atoms with van der Waals surface area (Å²) in [6, 6.07) is 3.25. The minimum Gasteiger partial charge on any atom is -0.480 e. The van der Waals surface area contributed by atoms with Crippen molar-refractivity contribution >= 4 is 40.5 Å². The smallest absolute Gasteiger partial charge is 0.326 e. The lowest BCUT2D eigenvalue weighted by molar-refractivity contribution is -0.149. The van der Waals surface area contributed by atoms with E-state index in [0.29, 0.717) is 6.42 Å². The van der Waals surface area contributed by atoms with Crippen molar-refractivity contribution in [2.75, 3.05) is 6.54 Å². The number of aromatic nitrogens is 1. The number of amides is 4. The number of primary amides is 1. The van der Waals surface area contributed by atoms with Crippen molar-refractivity contribution in [2.24, 2.45) is 17.4 Å². The number of benzene rings is 1. The van der Waals surface area contributed by atoms with Crippen LogP contribution >= 0.6 is 0 Å². The normalized spacial score (nSPS) is 17.7. The lowest BCUT2D eigenvalue weighted by Crippen LogP contribution is -2.58. The van der Waals surface area contributed by atoms with Crippen LogP contribution < -0.4 is 22.1 Å². The molecule has 12 heteroatoms. The van der Waals surface area contributed by atoms with Gasteiger partial charge in [-0.25, -0.2) is 4.79 Å². The number of H-pyrrole nitrogens is 1. The second-order valence-corrected chi connectivity index (χ2v) is 10.1. The van der Waals surface area contributed by atoms with Gasteiger partial charge in [0.1, 0.15) is 18.1 Å². The molecule has 0 radical (unpaired) electrons. The van der Waals surface area contributed by atoms with E-state index in [1.165, 1.54) is 0 Å². The van der Waals surface area contributed by atoms with E-state index in [-0.39, 0.29) is 31.7 Å². The van der Waals surface area contributed by atoms with Crippen molar-refractivity contribution < 1.29 is 29.1 Å². The molecule has 2 heterocycles. The number of nitrogens with one attached hydrogen (secondary N) is 3. The zero-order valence-corrected chi connectivity index (χ0v) is 21.6. The van der Waals surface area contributed by atoms with Gasteiger partial charge in [-0.1, -0.05) is 32.0 Å². The van der Waals surface area contributed by atoms with Crippen LogP contribution in [0.15, 0.2) is 30.5 Å². The first kappa shape index (κ1) is 28.6. The summed E-state index contributed by atoms with van der Waals surface area (Å²) in [5.41, 5.74) is 13.3. The van der Waals surface area contributed by atoms with Crippen LogP contribution in [0.4, 0.5) is 0 Å². The molecule has 0 bridgehead atoms. The Balaban J connectivity index is 1.71. The van der Waals surface area contributed by atoms with Crippen molar-refractivity contribution in [1.29, 1.82) is 0 Å². The largest absolute Gasteiger partial charge is 0.480 e. The molecular formula is C26H36N6O6. The van der Waals surface area contributed by atoms with Crippen LogP contribution in [0.3, 0.4) is 0 Å². The van der Waals surface area contributed by atoms with Gasteiger partial charge in [0.15, 0.2) is 0 Å². The number of aliphatic carboxylic acids is 1. The first-order valence-electron chi connectivity index (χ1n) is 12.7. The quantitative estimate of drug-likeness (QED) is 0.222. The van der Waals surface area contributed by atoms with Crippen molar-refractivity contribution in [2.45, 2.75) is 70.1 Å². The topological polar surface area (TPSA) is 201 Å². The fourth-order valence-electron chi connectivity index (χ4n) is 4.77. The number of carboxylic acids is 1. The molecule has 0 saturated carbocycles. The molecule has 1 saturated heterocycles. The molecule has 2 aromatic rings. The Morgan fingerprint density at radius 2 is 1.79 bits per heavy atom. The minimum absolute atomic E-state index is 0.00356. The average Bonchev–Trinajstić information content (AvgIpc) is 3.50. The van der Waals surface area contributed by atoms with E-state index in [9.17, 15) is 29.1 Å². The molecule has 4 atom stereocenters. The number of carbonyl (C=O) groups is 5. The summed E-state index contributed by atoms with van der Waals surface area (Å²) < 4.78 is 0. The van der Waals surface area contributed by atoms with Crippen LogP contribution in [-0.2, 0) is 30.4 Å². The fraction of sp³-hybridized carbons (Fsp3) is 0.500. The molecule has 0 aliphatic carbocycles. The average molecular weight is 529 g/mol. The number of nitrogens with zero attached hydrogens (tertiary/aromatic N) is 1. The van der Waals surface area contributed by atoms with Crippen LogP contribution in [0.2, 0.25) is 0 Å². The highest BCUT2D eigenvalue weighted by atomic mass is 16.4. The first-order chi connectivity index (χ1) is 18.0. The molecule has 38 heavy (non-hydrogen) atoms. The van der Waals surface area contributed by atoms with Crippen molar-refractivity contribution in [1.82, 2.24) is 20.5 Å². The van der Waals surface area contributed by atoms with Crippen LogP contribution in [0.25, 0.3) is 10.9 Å². The Morgan fingerprint density at radius 3 is 2.45 bits per heavy atom. The number of carbonyl (C=O) groups excluding carboxylic acids is 4. The molecule has 206 valence electrons. The van der Waals surface area contributed by atoms with Crippen LogP contribution in [0.1, 0.15) is 45.1 Å². The lowest BCUT2D eigenvalue weighted by atomic mass is 10.0. The lowest BCUT2D eigenvalue weighted by Gasteiger charge is -2.29. The maximum Gasteiger partial charge on any atom is 0.326 e. The van der Waals surface area contributed by atoms with Gasteiger partial charge in [-0.15, -0.1) is 0 Å². The molecule has 0 spiro atoms. The molecule has 3 rings (SSSR count). The maximum absolute atomic E-state index is 13.2. The van der Waals surface area contributed by atoms with Crippen molar-refractivity contribution in [3.8, 4) is 0 Å². The Bertz CT molecular complexity index is 1190. The predicted octanol–water partition coefficient (Wildman–Crippen LogP) is 0.00440. The third kappa shape index (κ3) is 7.09. The maximum atomic E-state index is 13.2. The van der Waals surface area contributed by atoms with E-state index < -0.39 is 60.2 Å². The highest BCUT2D eigenvalue weighted by Crippen LogP contribution is 2.20. The second kappa shape index (κ2) is 12.5. The van der Waals surface area contributed by atoms with E-state index in [2.05, 4.69) is 15.6 Å². The first-order valence-corrected chi connectivity index (χ1v) is 12.7. The van der Waals surface area contributed by atoms with E-state index in [1.807, 2.05) is 38.1 Å². The summed E-state index contributed by atoms with van der Waals surface area (Å²) >= 11 is 0. The van der Waals surface area contributed by atoms with Gasteiger partial charge in [-0.2, -0.15) is 0 Å². The van der Waals surface area contributed by atoms with Gasteiger partial charge in [-0.05, 0) is 43.2 Å². The molecular weight excluding hydrogens is 492 g/mol. The summed E-state index contributed by atoms with van der Waals surface area (Å²) in [4.78, 5) is 66.9. The summed E-state index contributed by atoms with van der Waals surface area (Å²) in [7, 11) is 0. The fourth-order valence-corrected chi connectivity index (χ4v) is 4.77. The van der Waals surface area contributed by atoms with E-state index in [4.69, 9.17) is 11.5 Å². The third-order valence-electron chi connectivity index (χ3n) is 6.63. The molecule has 8 N–H and O–H groups in total. The third-order valence-corrected chi connectivity index (χ3v) is 6.63. The van der Waals surface area contributed by atoms with Crippen LogP contribution in [-0.4, -0.2) is 75.3 Å². The van der Waals surface area contributed by atoms with Gasteiger partial charge >= 0.3 is 5.97 Å². The molecule has 1 aliphatic heterocycles. The van der Waals surface area contributed by atoms with Crippen LogP contribution in [0.5, 0.6) is 0 Å². The Hall–Kier alpha value is -3.93. The summed E-state index contributed by atoms with van der Waals surface area (Å²) in [5, 5.41) is 15.6. The van der Waals surface area contributed by atoms with E-state index >= 15 is 0 Å². The Morgan fingerprint density at radius 1 is 1.11 bits per heavy atom. The van der Waals surface area contributed by atoms with E-state index in [0.717, 1.165) is 21.4 Å². The molecule has 4 unspecified atom stereocenters. The zero-order chi connectivity index (χ0) is 28.0. The zero-order valence-electron chi connectivity index (χ0n) is 21.6. The number of aromatic amines is 1. The van der Waals surface area contributed by atoms with Gasteiger partial charge in [0, 0.05) is 23.6 Å². The van der Waals surface area contributed by atoms with Crippen molar-refractivity contribution in [3.05, 3.63) is 36.0 Å². The number of fused-ring (bicyclic) bond motifs is 1. The number of para-hydroxylation sites is 1. The monoisotopic (exact) mass is 528 g/mol. The standard InChI is InChI=1S/C26H36N6O6/c1-14(2)10-19(30-23(34)17(27)11-15-13-29-18-7-4-3-6-16(15)18)24(35)31-20(12-22(28)33)25(36)32-9-5-8-21(32)26(37)38/h3-4,6-7,13-14,17,19-21,29H,5,8-12,27H2,1-2H3,(H2,28,33)(H,30,34)(H,31,35)(H,37,38). The second-order valence-electron chi connectivity index (χ2n) is 10.1. The number of rotatable bonds is 12. The van der Waals surface area contributed by atoms with Gasteiger partial charge in [-0.3, -0.25) is 19.2 Å². The van der Waals surface area contributed by atoms with E-state index in [1.54, 1.807) is 6.20 Å². The number of carboxylic acid groups (broad SMARTS) is 1. The Labute approximate surface area is 220 Å². The number of hydrogen-bond acceptors (Lipinski definition) is 6. The highest BCUT2D eigenvalue weighted by molar-refractivity contribution is 5.96. The number of nitrogens with two attached hydrogens (primary N) is 2. The minimum atomic E-state index is -1.36. The molecule has 1 aromatic heterocycles. The summed E-state index contributed by atoms with van der Waals surface area (Å²) in [6.45, 7) is 3.92. The highest BCUT2D eigenvalue weighted by Gasteiger charge is 2.39. The van der Waals surface area contributed by atoms with Crippen LogP contribution in [0, 0.1) is 5.92 Å². The molecule has 1 aliphatic rings. The molecule has 1 fully saturated rings. The molecule has 4 amide bonds. The van der Waals surface area contributed by atoms with Gasteiger partial charge in [0.2, 0.25) is 23.6 Å². The number of likely N-dealkylation sites (tertiary alicyclic amines) is 1. The van der Waals surface area contributed by atoms with Gasteiger partial charge < -0.3 is 37.1 Å². The van der Waals surface area contributed by atoms with Gasteiger partial charge in [0.05, 0.1) is 12.5 Å². The summed E-state index contributed by atoms with van der Waals surface area (Å²) in [6.07, 6.45) is 2.53. The SMILES string of the molecule is CC(C)CC(NC(=O)C(N)Cc1c[nH]c2ccccc12)C(=O)NC(CC(N)=O)C(=O)N1CCCC1C(=O)O. The predicted molar refractivity (Wildman–Crippen MR) is 139 cm³/mol.